The normalized spacial score (nSPS) is 21.4. The van der Waals surface area contributed by atoms with E-state index in [-0.39, 0.29) is 59.0 Å². The van der Waals surface area contributed by atoms with E-state index < -0.39 is 40.4 Å². The van der Waals surface area contributed by atoms with Gasteiger partial charge in [-0.15, -0.1) is 0 Å². The zero-order valence-corrected chi connectivity index (χ0v) is 27.3. The van der Waals surface area contributed by atoms with E-state index in [1.54, 1.807) is 6.92 Å². The molecule has 2 aromatic rings. The number of benzene rings is 2. The van der Waals surface area contributed by atoms with Crippen molar-refractivity contribution in [2.45, 2.75) is 76.2 Å². The molecule has 212 valence electrons. The SMILES string of the molecule is CCOC(=O)[C@]1(C([Se]c2ccccc2)[Se]c2ccccc2)C[C@H](C(=O)OC(C)(C)C)C[C@@H]1C(=O)OC(C)(C)C. The first kappa shape index (κ1) is 31.4. The fourth-order valence-electron chi connectivity index (χ4n) is 4.70. The minimum absolute atomic E-state index is 0.183. The summed E-state index contributed by atoms with van der Waals surface area (Å²) in [6.07, 6.45) is 0.382. The van der Waals surface area contributed by atoms with Crippen LogP contribution in [0, 0.1) is 17.3 Å². The molecule has 3 atom stereocenters. The molecule has 39 heavy (non-hydrogen) atoms. The molecule has 0 amide bonds. The molecular weight excluding hydrogens is 626 g/mol. The molecule has 0 N–H and O–H groups in total. The van der Waals surface area contributed by atoms with Crippen LogP contribution in [0.3, 0.4) is 0 Å². The Bertz CT molecular complexity index is 1080. The van der Waals surface area contributed by atoms with Crippen molar-refractivity contribution in [3.05, 3.63) is 60.7 Å². The maximum absolute atomic E-state index is 14.2. The molecule has 0 aromatic heterocycles. The van der Waals surface area contributed by atoms with Gasteiger partial charge < -0.3 is 0 Å². The van der Waals surface area contributed by atoms with Gasteiger partial charge in [-0.05, 0) is 0 Å². The van der Waals surface area contributed by atoms with Gasteiger partial charge in [-0.3, -0.25) is 0 Å². The van der Waals surface area contributed by atoms with Crippen LogP contribution in [0.5, 0.6) is 0 Å². The Morgan fingerprint density at radius 2 is 1.28 bits per heavy atom. The zero-order valence-electron chi connectivity index (χ0n) is 23.9. The molecule has 0 unspecified atom stereocenters. The molecule has 3 rings (SSSR count). The van der Waals surface area contributed by atoms with Gasteiger partial charge in [0.1, 0.15) is 0 Å². The van der Waals surface area contributed by atoms with Crippen LogP contribution in [-0.2, 0) is 28.6 Å². The van der Waals surface area contributed by atoms with Gasteiger partial charge in [0.2, 0.25) is 0 Å². The quantitative estimate of drug-likeness (QED) is 0.229. The van der Waals surface area contributed by atoms with E-state index in [1.165, 1.54) is 0 Å². The fraction of sp³-hybridized carbons (Fsp3) is 0.516. The standard InChI is InChI=1S/C31H40O6Se2/c1-8-35-27(34)31(28(38-22-15-11-9-12-16-22)39-23-17-13-10-14-18-23)20-21(25(32)36-29(2,3)4)19-24(31)26(33)37-30(5,6)7/h9-18,21,24,28H,8,19-20H2,1-7H3/t21-,24-,31+/m1/s1. The molecule has 1 saturated carbocycles. The first-order valence-corrected chi connectivity index (χ1v) is 17.0. The summed E-state index contributed by atoms with van der Waals surface area (Å²) in [7, 11) is 0. The Morgan fingerprint density at radius 1 is 0.821 bits per heavy atom. The molecule has 0 heterocycles. The number of hydrogen-bond acceptors (Lipinski definition) is 6. The molecule has 1 fully saturated rings. The molecule has 0 bridgehead atoms. The van der Waals surface area contributed by atoms with Crippen molar-refractivity contribution in [1.82, 2.24) is 0 Å². The molecule has 0 aliphatic heterocycles. The van der Waals surface area contributed by atoms with Crippen molar-refractivity contribution >= 4 is 56.7 Å². The Balaban J connectivity index is 2.18. The van der Waals surface area contributed by atoms with E-state index >= 15 is 0 Å². The third kappa shape index (κ3) is 8.44. The van der Waals surface area contributed by atoms with Gasteiger partial charge in [0, 0.05) is 0 Å². The van der Waals surface area contributed by atoms with Crippen molar-refractivity contribution in [3.8, 4) is 0 Å². The summed E-state index contributed by atoms with van der Waals surface area (Å²) in [5.41, 5.74) is -2.65. The molecule has 2 aromatic carbocycles. The van der Waals surface area contributed by atoms with Crippen molar-refractivity contribution in [1.29, 1.82) is 0 Å². The zero-order chi connectivity index (χ0) is 28.8. The van der Waals surface area contributed by atoms with Crippen LogP contribution in [0.15, 0.2) is 60.7 Å². The Morgan fingerprint density at radius 3 is 1.72 bits per heavy atom. The maximum atomic E-state index is 14.2. The molecule has 0 saturated heterocycles. The number of carbonyl (C=O) groups is 3. The summed E-state index contributed by atoms with van der Waals surface area (Å²) in [6.45, 7) is 12.9. The second kappa shape index (κ2) is 13.0. The van der Waals surface area contributed by atoms with E-state index in [9.17, 15) is 14.4 Å². The van der Waals surface area contributed by atoms with Crippen molar-refractivity contribution in [2.24, 2.45) is 17.3 Å². The minimum atomic E-state index is -1.22. The second-order valence-corrected chi connectivity index (χ2v) is 18.2. The van der Waals surface area contributed by atoms with Crippen LogP contribution in [-0.4, -0.2) is 65.6 Å². The number of ether oxygens (including phenoxy) is 3. The van der Waals surface area contributed by atoms with Crippen molar-refractivity contribution in [3.63, 3.8) is 0 Å². The van der Waals surface area contributed by atoms with E-state index in [1.807, 2.05) is 77.9 Å². The monoisotopic (exact) mass is 668 g/mol. The van der Waals surface area contributed by atoms with Crippen molar-refractivity contribution < 1.29 is 28.6 Å². The summed E-state index contributed by atoms with van der Waals surface area (Å²) in [5, 5.41) is 0. The van der Waals surface area contributed by atoms with Crippen LogP contribution in [0.2, 0.25) is 3.71 Å². The van der Waals surface area contributed by atoms with Gasteiger partial charge in [0.15, 0.2) is 0 Å². The van der Waals surface area contributed by atoms with Gasteiger partial charge in [-0.2, -0.15) is 0 Å². The molecule has 8 heteroatoms. The molecule has 1 aliphatic carbocycles. The molecular formula is C31H40O6Se2. The number of esters is 3. The summed E-state index contributed by atoms with van der Waals surface area (Å²) >= 11 is -0.375. The summed E-state index contributed by atoms with van der Waals surface area (Å²) < 4.78 is 19.5. The molecule has 1 aliphatic rings. The van der Waals surface area contributed by atoms with Crippen LogP contribution in [0.1, 0.15) is 61.3 Å². The summed E-state index contributed by atoms with van der Waals surface area (Å²) in [6, 6.07) is 20.2. The topological polar surface area (TPSA) is 78.9 Å². The fourth-order valence-corrected chi connectivity index (χ4v) is 12.5. The van der Waals surface area contributed by atoms with Crippen LogP contribution in [0.4, 0.5) is 0 Å². The first-order valence-electron chi connectivity index (χ1n) is 13.3. The van der Waals surface area contributed by atoms with Gasteiger partial charge >= 0.3 is 246 Å². The van der Waals surface area contributed by atoms with E-state index in [0.29, 0.717) is 0 Å². The van der Waals surface area contributed by atoms with Crippen LogP contribution in [0.25, 0.3) is 0 Å². The van der Waals surface area contributed by atoms with E-state index in [4.69, 9.17) is 14.2 Å². The predicted octanol–water partition coefficient (Wildman–Crippen LogP) is 4.05. The van der Waals surface area contributed by atoms with Gasteiger partial charge in [0.25, 0.3) is 0 Å². The van der Waals surface area contributed by atoms with Crippen LogP contribution < -0.4 is 8.92 Å². The Hall–Kier alpha value is -2.11. The number of hydrogen-bond donors (Lipinski definition) is 0. The first-order chi connectivity index (χ1) is 18.2. The van der Waals surface area contributed by atoms with Gasteiger partial charge in [0.05, 0.1) is 0 Å². The third-order valence-electron chi connectivity index (χ3n) is 6.21. The van der Waals surface area contributed by atoms with Gasteiger partial charge in [-0.1, -0.05) is 0 Å². The van der Waals surface area contributed by atoms with Crippen molar-refractivity contribution in [2.75, 3.05) is 6.61 Å². The third-order valence-corrected chi connectivity index (χ3v) is 13.3. The predicted molar refractivity (Wildman–Crippen MR) is 154 cm³/mol. The summed E-state index contributed by atoms with van der Waals surface area (Å²) in [5.74, 6) is -2.71. The summed E-state index contributed by atoms with van der Waals surface area (Å²) in [4.78, 5) is 41.4. The Labute approximate surface area is 245 Å². The van der Waals surface area contributed by atoms with Crippen LogP contribution >= 0.6 is 0 Å². The van der Waals surface area contributed by atoms with Gasteiger partial charge in [-0.25, -0.2) is 0 Å². The average Bonchev–Trinajstić information content (AvgIpc) is 3.26. The molecule has 0 spiro atoms. The molecule has 6 nitrogen and oxygen atoms in total. The Kier molecular flexibility index (Phi) is 10.5. The number of rotatable bonds is 9. The molecule has 0 radical (unpaired) electrons. The van der Waals surface area contributed by atoms with E-state index in [0.717, 1.165) is 8.92 Å². The number of carbonyl (C=O) groups excluding carboxylic acids is 3. The van der Waals surface area contributed by atoms with E-state index in [2.05, 4.69) is 24.3 Å². The average molecular weight is 667 g/mol. The second-order valence-electron chi connectivity index (χ2n) is 11.7.